The Balaban J connectivity index is 0.00000225. The Morgan fingerprint density at radius 1 is 1.32 bits per heavy atom. The number of carbonyl (C=O) groups is 2. The maximum atomic E-state index is 12.6. The summed E-state index contributed by atoms with van der Waals surface area (Å²) >= 11 is 0. The molecular weight excluding hydrogens is 340 g/mol. The van der Waals surface area contributed by atoms with E-state index in [0.717, 1.165) is 16.5 Å². The molecule has 7 heteroatoms. The van der Waals surface area contributed by atoms with Crippen LogP contribution in [0.5, 0.6) is 0 Å². The molecule has 1 aliphatic heterocycles. The molecule has 2 heterocycles. The molecule has 0 saturated carbocycles. The minimum absolute atomic E-state index is 0. The molecule has 0 unspecified atom stereocenters. The van der Waals surface area contributed by atoms with Gasteiger partial charge in [0.15, 0.2) is 0 Å². The average molecular weight is 365 g/mol. The summed E-state index contributed by atoms with van der Waals surface area (Å²) in [6.45, 7) is 1.19. The lowest BCUT2D eigenvalue weighted by atomic mass is 9.95. The first-order chi connectivity index (χ1) is 11.6. The van der Waals surface area contributed by atoms with Gasteiger partial charge in [-0.25, -0.2) is 0 Å². The van der Waals surface area contributed by atoms with Gasteiger partial charge in [-0.2, -0.15) is 0 Å². The molecule has 1 aliphatic rings. The SMILES string of the molecule is CNC(=O)C1CCN(C(=O)[C@@H](N)Cc2c[nH]c3ccccc23)CC1.Cl. The average Bonchev–Trinajstić information content (AvgIpc) is 3.03. The second kappa shape index (κ2) is 8.36. The molecule has 1 saturated heterocycles. The van der Waals surface area contributed by atoms with Crippen LogP contribution in [0.1, 0.15) is 18.4 Å². The fourth-order valence-electron chi connectivity index (χ4n) is 3.43. The molecule has 0 spiro atoms. The van der Waals surface area contributed by atoms with E-state index in [-0.39, 0.29) is 30.1 Å². The van der Waals surface area contributed by atoms with Crippen molar-refractivity contribution in [2.45, 2.75) is 25.3 Å². The highest BCUT2D eigenvalue weighted by Crippen LogP contribution is 2.21. The Bertz CT molecular complexity index is 738. The molecule has 1 aromatic heterocycles. The van der Waals surface area contributed by atoms with Gasteiger partial charge in [-0.05, 0) is 30.9 Å². The summed E-state index contributed by atoms with van der Waals surface area (Å²) in [6.07, 6.45) is 3.84. The van der Waals surface area contributed by atoms with E-state index in [4.69, 9.17) is 5.73 Å². The van der Waals surface area contributed by atoms with Crippen LogP contribution in [0.15, 0.2) is 30.5 Å². The normalized spacial score (nSPS) is 16.3. The van der Waals surface area contributed by atoms with Gasteiger partial charge in [0, 0.05) is 43.2 Å². The van der Waals surface area contributed by atoms with Gasteiger partial charge in [0.05, 0.1) is 6.04 Å². The molecule has 2 aromatic rings. The summed E-state index contributed by atoms with van der Waals surface area (Å²) < 4.78 is 0. The zero-order valence-electron chi connectivity index (χ0n) is 14.3. The van der Waals surface area contributed by atoms with Crippen LogP contribution in [-0.2, 0) is 16.0 Å². The third-order valence-electron chi connectivity index (χ3n) is 4.86. The highest BCUT2D eigenvalue weighted by Gasteiger charge is 2.29. The number of halogens is 1. The van der Waals surface area contributed by atoms with Gasteiger partial charge in [-0.3, -0.25) is 9.59 Å². The topological polar surface area (TPSA) is 91.2 Å². The van der Waals surface area contributed by atoms with Crippen molar-refractivity contribution in [1.82, 2.24) is 15.2 Å². The number of likely N-dealkylation sites (tertiary alicyclic amines) is 1. The van der Waals surface area contributed by atoms with Crippen LogP contribution in [0.4, 0.5) is 0 Å². The highest BCUT2D eigenvalue weighted by atomic mass is 35.5. The predicted molar refractivity (Wildman–Crippen MR) is 101 cm³/mol. The largest absolute Gasteiger partial charge is 0.361 e. The molecule has 4 N–H and O–H groups in total. The number of hydrogen-bond acceptors (Lipinski definition) is 3. The first-order valence-electron chi connectivity index (χ1n) is 8.41. The van der Waals surface area contributed by atoms with Gasteiger partial charge >= 0.3 is 0 Å². The Hall–Kier alpha value is -2.05. The van der Waals surface area contributed by atoms with E-state index in [1.165, 1.54) is 0 Å². The van der Waals surface area contributed by atoms with Crippen molar-refractivity contribution in [2.75, 3.05) is 20.1 Å². The zero-order valence-corrected chi connectivity index (χ0v) is 15.1. The number of hydrogen-bond donors (Lipinski definition) is 3. The zero-order chi connectivity index (χ0) is 17.1. The van der Waals surface area contributed by atoms with E-state index in [9.17, 15) is 9.59 Å². The quantitative estimate of drug-likeness (QED) is 0.766. The number of fused-ring (bicyclic) bond motifs is 1. The predicted octanol–water partition coefficient (Wildman–Crippen LogP) is 1.44. The van der Waals surface area contributed by atoms with Crippen molar-refractivity contribution in [3.63, 3.8) is 0 Å². The van der Waals surface area contributed by atoms with Crippen molar-refractivity contribution in [1.29, 1.82) is 0 Å². The Labute approximate surface area is 153 Å². The summed E-state index contributed by atoms with van der Waals surface area (Å²) in [7, 11) is 1.65. The maximum Gasteiger partial charge on any atom is 0.239 e. The number of para-hydroxylation sites is 1. The molecule has 0 radical (unpaired) electrons. The van der Waals surface area contributed by atoms with Gasteiger partial charge in [0.2, 0.25) is 11.8 Å². The van der Waals surface area contributed by atoms with E-state index in [0.29, 0.717) is 32.4 Å². The molecule has 3 rings (SSSR count). The third kappa shape index (κ3) is 4.14. The molecular formula is C18H25ClN4O2. The van der Waals surface area contributed by atoms with Gasteiger partial charge < -0.3 is 20.9 Å². The van der Waals surface area contributed by atoms with Gasteiger partial charge in [-0.15, -0.1) is 12.4 Å². The number of rotatable bonds is 4. The lowest BCUT2D eigenvalue weighted by Crippen LogP contribution is -2.49. The number of nitrogens with two attached hydrogens (primary N) is 1. The van der Waals surface area contributed by atoms with E-state index < -0.39 is 6.04 Å². The molecule has 136 valence electrons. The molecule has 2 amide bonds. The van der Waals surface area contributed by atoms with Crippen molar-refractivity contribution >= 4 is 35.1 Å². The fraction of sp³-hybridized carbons (Fsp3) is 0.444. The highest BCUT2D eigenvalue weighted by molar-refractivity contribution is 5.86. The van der Waals surface area contributed by atoms with Gasteiger partial charge in [0.1, 0.15) is 0 Å². The first kappa shape index (κ1) is 19.3. The first-order valence-corrected chi connectivity index (χ1v) is 8.41. The summed E-state index contributed by atoms with van der Waals surface area (Å²) in [5.74, 6) is 0.0321. The number of carbonyl (C=O) groups excluding carboxylic acids is 2. The lowest BCUT2D eigenvalue weighted by molar-refractivity contribution is -0.136. The summed E-state index contributed by atoms with van der Waals surface area (Å²) in [4.78, 5) is 29.3. The number of amides is 2. The van der Waals surface area contributed by atoms with Crippen molar-refractivity contribution in [3.8, 4) is 0 Å². The maximum absolute atomic E-state index is 12.6. The van der Waals surface area contributed by atoms with E-state index in [1.807, 2.05) is 30.5 Å². The van der Waals surface area contributed by atoms with Crippen LogP contribution in [0.2, 0.25) is 0 Å². The molecule has 6 nitrogen and oxygen atoms in total. The van der Waals surface area contributed by atoms with E-state index in [2.05, 4.69) is 10.3 Å². The van der Waals surface area contributed by atoms with Crippen LogP contribution >= 0.6 is 12.4 Å². The fourth-order valence-corrected chi connectivity index (χ4v) is 3.43. The van der Waals surface area contributed by atoms with Crippen molar-refractivity contribution in [3.05, 3.63) is 36.0 Å². The van der Waals surface area contributed by atoms with Gasteiger partial charge in [-0.1, -0.05) is 18.2 Å². The molecule has 25 heavy (non-hydrogen) atoms. The number of nitrogens with zero attached hydrogens (tertiary/aromatic N) is 1. The minimum Gasteiger partial charge on any atom is -0.361 e. The lowest BCUT2D eigenvalue weighted by Gasteiger charge is -2.32. The second-order valence-electron chi connectivity index (χ2n) is 6.38. The van der Waals surface area contributed by atoms with Crippen LogP contribution in [0.3, 0.4) is 0 Å². The number of aromatic nitrogens is 1. The summed E-state index contributed by atoms with van der Waals surface area (Å²) in [5, 5.41) is 3.79. The molecule has 0 bridgehead atoms. The number of benzene rings is 1. The van der Waals surface area contributed by atoms with E-state index in [1.54, 1.807) is 11.9 Å². The van der Waals surface area contributed by atoms with Crippen molar-refractivity contribution in [2.24, 2.45) is 11.7 Å². The van der Waals surface area contributed by atoms with Crippen LogP contribution in [0.25, 0.3) is 10.9 Å². The standard InChI is InChI=1S/C18H24N4O2.ClH/c1-20-17(23)12-6-8-22(9-7-12)18(24)15(19)10-13-11-21-16-5-3-2-4-14(13)16;/h2-5,11-12,15,21H,6-10,19H2,1H3,(H,20,23);1H/t15-;/m0./s1. The molecule has 1 aromatic carbocycles. The summed E-state index contributed by atoms with van der Waals surface area (Å²) in [5.41, 5.74) is 8.28. The smallest absolute Gasteiger partial charge is 0.239 e. The Morgan fingerprint density at radius 3 is 2.68 bits per heavy atom. The Kier molecular flexibility index (Phi) is 6.45. The van der Waals surface area contributed by atoms with Crippen LogP contribution < -0.4 is 11.1 Å². The van der Waals surface area contributed by atoms with Crippen molar-refractivity contribution < 1.29 is 9.59 Å². The monoisotopic (exact) mass is 364 g/mol. The third-order valence-corrected chi connectivity index (χ3v) is 4.86. The number of nitrogens with one attached hydrogen (secondary N) is 2. The number of aromatic amines is 1. The molecule has 0 aliphatic carbocycles. The number of piperidine rings is 1. The van der Waals surface area contributed by atoms with E-state index >= 15 is 0 Å². The Morgan fingerprint density at radius 2 is 2.00 bits per heavy atom. The van der Waals surface area contributed by atoms with Crippen LogP contribution in [0, 0.1) is 5.92 Å². The van der Waals surface area contributed by atoms with Crippen LogP contribution in [-0.4, -0.2) is 47.9 Å². The minimum atomic E-state index is -0.555. The molecule has 1 atom stereocenters. The summed E-state index contributed by atoms with van der Waals surface area (Å²) in [6, 6.07) is 7.45. The van der Waals surface area contributed by atoms with Gasteiger partial charge in [0.25, 0.3) is 0 Å². The number of H-pyrrole nitrogens is 1. The second-order valence-corrected chi connectivity index (χ2v) is 6.38. The molecule has 1 fully saturated rings.